The van der Waals surface area contributed by atoms with Crippen molar-refractivity contribution in [1.29, 1.82) is 0 Å². The highest BCUT2D eigenvalue weighted by molar-refractivity contribution is 7.08. The van der Waals surface area contributed by atoms with Gasteiger partial charge in [0.1, 0.15) is 0 Å². The van der Waals surface area contributed by atoms with E-state index >= 15 is 0 Å². The Kier molecular flexibility index (Phi) is 3.71. The van der Waals surface area contributed by atoms with Gasteiger partial charge in [-0.05, 0) is 25.3 Å². The monoisotopic (exact) mass is 228 g/mol. The number of hydrogen-bond acceptors (Lipinski definition) is 3. The first-order valence-corrected chi connectivity index (χ1v) is 5.59. The van der Waals surface area contributed by atoms with E-state index in [0.717, 1.165) is 5.69 Å². The molecule has 4 nitrogen and oxygen atoms in total. The van der Waals surface area contributed by atoms with Crippen LogP contribution in [-0.4, -0.2) is 35.2 Å². The van der Waals surface area contributed by atoms with Gasteiger partial charge < -0.3 is 15.3 Å². The molecule has 0 saturated carbocycles. The molecular formula is C10H16N2O2S. The van der Waals surface area contributed by atoms with Crippen molar-refractivity contribution in [3.05, 3.63) is 16.8 Å². The van der Waals surface area contributed by atoms with Crippen molar-refractivity contribution < 1.29 is 9.90 Å². The van der Waals surface area contributed by atoms with Gasteiger partial charge in [-0.15, -0.1) is 0 Å². The van der Waals surface area contributed by atoms with Crippen LogP contribution in [0.5, 0.6) is 0 Å². The molecule has 0 saturated heterocycles. The lowest BCUT2D eigenvalue weighted by atomic mass is 10.1. The number of aliphatic hydroxyl groups is 1. The zero-order valence-electron chi connectivity index (χ0n) is 9.15. The zero-order valence-corrected chi connectivity index (χ0v) is 9.97. The van der Waals surface area contributed by atoms with Gasteiger partial charge in [-0.1, -0.05) is 0 Å². The van der Waals surface area contributed by atoms with Gasteiger partial charge in [0.25, 0.3) is 0 Å². The summed E-state index contributed by atoms with van der Waals surface area (Å²) in [5.41, 5.74) is -0.0895. The van der Waals surface area contributed by atoms with Crippen molar-refractivity contribution >= 4 is 23.1 Å². The van der Waals surface area contributed by atoms with Gasteiger partial charge in [0, 0.05) is 12.4 Å². The smallest absolute Gasteiger partial charge is 0.321 e. The predicted octanol–water partition coefficient (Wildman–Crippen LogP) is 1.98. The average Bonchev–Trinajstić information content (AvgIpc) is 2.53. The molecule has 5 heteroatoms. The lowest BCUT2D eigenvalue weighted by Crippen LogP contribution is -2.41. The van der Waals surface area contributed by atoms with Crippen LogP contribution in [0.15, 0.2) is 16.8 Å². The Hall–Kier alpha value is -1.07. The maximum Gasteiger partial charge on any atom is 0.321 e. The summed E-state index contributed by atoms with van der Waals surface area (Å²) >= 11 is 1.52. The van der Waals surface area contributed by atoms with Crippen LogP contribution in [-0.2, 0) is 0 Å². The van der Waals surface area contributed by atoms with Crippen LogP contribution in [0.3, 0.4) is 0 Å². The van der Waals surface area contributed by atoms with E-state index in [-0.39, 0.29) is 6.03 Å². The topological polar surface area (TPSA) is 52.6 Å². The van der Waals surface area contributed by atoms with Crippen LogP contribution in [0.2, 0.25) is 0 Å². The second-order valence-corrected chi connectivity index (χ2v) is 4.89. The third kappa shape index (κ3) is 4.31. The fraction of sp³-hybridized carbons (Fsp3) is 0.500. The SMILES string of the molecule is CN(CC(C)(C)O)C(=O)Nc1ccsc1. The molecule has 0 radical (unpaired) electrons. The van der Waals surface area contributed by atoms with E-state index in [1.807, 2.05) is 16.8 Å². The van der Waals surface area contributed by atoms with Gasteiger partial charge in [-0.25, -0.2) is 4.79 Å². The first-order chi connectivity index (χ1) is 6.88. The Morgan fingerprint density at radius 2 is 2.33 bits per heavy atom. The Morgan fingerprint density at radius 1 is 1.67 bits per heavy atom. The fourth-order valence-corrected chi connectivity index (χ4v) is 1.79. The van der Waals surface area contributed by atoms with Crippen molar-refractivity contribution in [2.45, 2.75) is 19.4 Å². The molecule has 0 aliphatic heterocycles. The average molecular weight is 228 g/mol. The van der Waals surface area contributed by atoms with E-state index in [4.69, 9.17) is 0 Å². The maximum atomic E-state index is 11.6. The number of urea groups is 1. The second-order valence-electron chi connectivity index (χ2n) is 4.11. The summed E-state index contributed by atoms with van der Waals surface area (Å²) in [6, 6.07) is 1.62. The molecule has 1 aromatic rings. The number of nitrogens with one attached hydrogen (secondary N) is 1. The number of likely N-dealkylation sites (N-methyl/N-ethyl adjacent to an activating group) is 1. The molecule has 84 valence electrons. The van der Waals surface area contributed by atoms with E-state index in [1.54, 1.807) is 20.9 Å². The van der Waals surface area contributed by atoms with Gasteiger partial charge >= 0.3 is 6.03 Å². The van der Waals surface area contributed by atoms with Crippen molar-refractivity contribution in [2.24, 2.45) is 0 Å². The van der Waals surface area contributed by atoms with Gasteiger partial charge in [-0.2, -0.15) is 11.3 Å². The van der Waals surface area contributed by atoms with E-state index < -0.39 is 5.60 Å². The van der Waals surface area contributed by atoms with Crippen molar-refractivity contribution in [3.8, 4) is 0 Å². The minimum absolute atomic E-state index is 0.212. The zero-order chi connectivity index (χ0) is 11.5. The molecule has 0 atom stereocenters. The molecule has 0 aliphatic rings. The van der Waals surface area contributed by atoms with Crippen LogP contribution in [0.1, 0.15) is 13.8 Å². The predicted molar refractivity (Wildman–Crippen MR) is 62.3 cm³/mol. The number of rotatable bonds is 3. The number of amides is 2. The van der Waals surface area contributed by atoms with E-state index in [2.05, 4.69) is 5.32 Å². The standard InChI is InChI=1S/C10H16N2O2S/c1-10(2,14)7-12(3)9(13)11-8-4-5-15-6-8/h4-6,14H,7H2,1-3H3,(H,11,13). The summed E-state index contributed by atoms with van der Waals surface area (Å²) in [5.74, 6) is 0. The maximum absolute atomic E-state index is 11.6. The number of anilines is 1. The van der Waals surface area contributed by atoms with Gasteiger partial charge in [0.15, 0.2) is 0 Å². The quantitative estimate of drug-likeness (QED) is 0.831. The van der Waals surface area contributed by atoms with Gasteiger partial charge in [0.2, 0.25) is 0 Å². The Balaban J connectivity index is 2.47. The third-order valence-corrected chi connectivity index (χ3v) is 2.43. The molecule has 2 N–H and O–H groups in total. The summed E-state index contributed by atoms with van der Waals surface area (Å²) in [7, 11) is 1.65. The molecule has 0 fully saturated rings. The Bertz CT molecular complexity index is 317. The molecule has 1 aromatic heterocycles. The molecule has 0 aliphatic carbocycles. The second kappa shape index (κ2) is 4.63. The van der Waals surface area contributed by atoms with E-state index in [9.17, 15) is 9.90 Å². The third-order valence-electron chi connectivity index (χ3n) is 1.74. The normalized spacial score (nSPS) is 11.2. The van der Waals surface area contributed by atoms with Crippen LogP contribution >= 0.6 is 11.3 Å². The molecular weight excluding hydrogens is 212 g/mol. The van der Waals surface area contributed by atoms with Crippen LogP contribution in [0, 0.1) is 0 Å². The highest BCUT2D eigenvalue weighted by Gasteiger charge is 2.19. The number of carbonyl (C=O) groups is 1. The Labute approximate surface area is 93.5 Å². The number of hydrogen-bond donors (Lipinski definition) is 2. The fourth-order valence-electron chi connectivity index (χ4n) is 1.21. The molecule has 0 unspecified atom stereocenters. The first kappa shape index (κ1) is 12.0. The molecule has 0 aromatic carbocycles. The van der Waals surface area contributed by atoms with Gasteiger partial charge in [-0.3, -0.25) is 0 Å². The largest absolute Gasteiger partial charge is 0.389 e. The highest BCUT2D eigenvalue weighted by Crippen LogP contribution is 2.12. The van der Waals surface area contributed by atoms with Crippen molar-refractivity contribution in [3.63, 3.8) is 0 Å². The molecule has 1 rings (SSSR count). The number of carbonyl (C=O) groups excluding carboxylic acids is 1. The summed E-state index contributed by atoms with van der Waals surface area (Å²) < 4.78 is 0. The van der Waals surface area contributed by atoms with E-state index in [1.165, 1.54) is 16.2 Å². The molecule has 1 heterocycles. The summed E-state index contributed by atoms with van der Waals surface area (Å²) in [5, 5.41) is 16.0. The van der Waals surface area contributed by atoms with E-state index in [0.29, 0.717) is 6.54 Å². The van der Waals surface area contributed by atoms with Crippen LogP contribution in [0.4, 0.5) is 10.5 Å². The molecule has 0 bridgehead atoms. The van der Waals surface area contributed by atoms with Crippen molar-refractivity contribution in [1.82, 2.24) is 4.90 Å². The first-order valence-electron chi connectivity index (χ1n) is 4.65. The molecule has 0 spiro atoms. The van der Waals surface area contributed by atoms with Crippen LogP contribution in [0.25, 0.3) is 0 Å². The Morgan fingerprint density at radius 3 is 2.80 bits per heavy atom. The van der Waals surface area contributed by atoms with Crippen molar-refractivity contribution in [2.75, 3.05) is 18.9 Å². The summed E-state index contributed by atoms with van der Waals surface area (Å²) in [6.45, 7) is 3.63. The molecule has 2 amide bonds. The molecule has 15 heavy (non-hydrogen) atoms. The lowest BCUT2D eigenvalue weighted by Gasteiger charge is -2.25. The minimum Gasteiger partial charge on any atom is -0.389 e. The number of nitrogens with zero attached hydrogens (tertiary/aromatic N) is 1. The summed E-state index contributed by atoms with van der Waals surface area (Å²) in [6.07, 6.45) is 0. The summed E-state index contributed by atoms with van der Waals surface area (Å²) in [4.78, 5) is 13.1. The minimum atomic E-state index is -0.874. The number of thiophene rings is 1. The highest BCUT2D eigenvalue weighted by atomic mass is 32.1. The van der Waals surface area contributed by atoms with Crippen LogP contribution < -0.4 is 5.32 Å². The van der Waals surface area contributed by atoms with Gasteiger partial charge in [0.05, 0.1) is 17.8 Å². The lowest BCUT2D eigenvalue weighted by molar-refractivity contribution is 0.0550.